The Morgan fingerprint density at radius 3 is 2.40 bits per heavy atom. The zero-order valence-corrected chi connectivity index (χ0v) is 12.3. The van der Waals surface area contributed by atoms with E-state index >= 15 is 0 Å². The second-order valence-corrected chi connectivity index (χ2v) is 5.19. The second-order valence-electron chi connectivity index (χ2n) is 5.19. The lowest BCUT2D eigenvalue weighted by Gasteiger charge is -2.14. The van der Waals surface area contributed by atoms with Gasteiger partial charge < -0.3 is 10.1 Å². The van der Waals surface area contributed by atoms with Crippen LogP contribution in [0.15, 0.2) is 54.6 Å². The molecule has 1 N–H and O–H groups in total. The van der Waals surface area contributed by atoms with Crippen LogP contribution in [0.2, 0.25) is 0 Å². The van der Waals surface area contributed by atoms with Crippen molar-refractivity contribution in [2.24, 2.45) is 0 Å². The molecule has 0 aliphatic heterocycles. The van der Waals surface area contributed by atoms with Crippen LogP contribution in [0.5, 0.6) is 5.75 Å². The number of rotatable bonds is 7. The normalized spacial score (nSPS) is 10.6. The third-order valence-corrected chi connectivity index (χ3v) is 3.22. The van der Waals surface area contributed by atoms with Crippen LogP contribution in [-0.4, -0.2) is 13.2 Å². The van der Waals surface area contributed by atoms with Gasteiger partial charge in [0.1, 0.15) is 5.75 Å². The summed E-state index contributed by atoms with van der Waals surface area (Å²) in [5.41, 5.74) is 2.44. The van der Waals surface area contributed by atoms with E-state index in [1.54, 1.807) is 0 Å². The Morgan fingerprint density at radius 2 is 1.65 bits per heavy atom. The van der Waals surface area contributed by atoms with Crippen molar-refractivity contribution in [3.05, 3.63) is 60.2 Å². The molecule has 2 aromatic carbocycles. The first kappa shape index (κ1) is 14.4. The third kappa shape index (κ3) is 4.30. The number of hydrogen-bond donors (Lipinski definition) is 1. The molecular formula is C18H23NO. The van der Waals surface area contributed by atoms with E-state index in [9.17, 15) is 0 Å². The average molecular weight is 269 g/mol. The number of anilines is 1. The molecule has 0 heterocycles. The van der Waals surface area contributed by atoms with Crippen molar-refractivity contribution in [2.45, 2.75) is 26.2 Å². The van der Waals surface area contributed by atoms with Gasteiger partial charge in [0.15, 0.2) is 0 Å². The maximum atomic E-state index is 5.90. The predicted molar refractivity (Wildman–Crippen MR) is 85.6 cm³/mol. The maximum absolute atomic E-state index is 5.90. The molecule has 0 radical (unpaired) electrons. The number of hydrogen-bond acceptors (Lipinski definition) is 2. The molecule has 0 amide bonds. The summed E-state index contributed by atoms with van der Waals surface area (Å²) in [5.74, 6) is 1.51. The number of para-hydroxylation sites is 2. The number of ether oxygens (including phenoxy) is 1. The molecule has 2 heteroatoms. The van der Waals surface area contributed by atoms with Gasteiger partial charge in [-0.2, -0.15) is 0 Å². The van der Waals surface area contributed by atoms with Crippen molar-refractivity contribution in [1.82, 2.24) is 0 Å². The highest BCUT2D eigenvalue weighted by atomic mass is 16.5. The Balaban J connectivity index is 1.74. The Hall–Kier alpha value is -1.96. The Bertz CT molecular complexity index is 508. The molecule has 0 aromatic heterocycles. The summed E-state index contributed by atoms with van der Waals surface area (Å²) in [6, 6.07) is 18.6. The molecule has 0 atom stereocenters. The summed E-state index contributed by atoms with van der Waals surface area (Å²) >= 11 is 0. The summed E-state index contributed by atoms with van der Waals surface area (Å²) in [4.78, 5) is 0. The SMILES string of the molecule is CC(C)c1ccccc1OCCCNc1ccccc1. The molecule has 0 aliphatic carbocycles. The maximum Gasteiger partial charge on any atom is 0.122 e. The van der Waals surface area contributed by atoms with E-state index in [0.717, 1.165) is 31.0 Å². The molecular weight excluding hydrogens is 246 g/mol. The summed E-state index contributed by atoms with van der Waals surface area (Å²) < 4.78 is 5.90. The van der Waals surface area contributed by atoms with Crippen molar-refractivity contribution in [3.63, 3.8) is 0 Å². The summed E-state index contributed by atoms with van der Waals surface area (Å²) in [6.07, 6.45) is 0.987. The van der Waals surface area contributed by atoms with Crippen molar-refractivity contribution >= 4 is 5.69 Å². The Morgan fingerprint density at radius 1 is 0.950 bits per heavy atom. The van der Waals surface area contributed by atoms with E-state index in [0.29, 0.717) is 5.92 Å². The molecule has 0 spiro atoms. The highest BCUT2D eigenvalue weighted by Crippen LogP contribution is 2.25. The molecule has 0 saturated carbocycles. The van der Waals surface area contributed by atoms with Gasteiger partial charge in [-0.1, -0.05) is 50.2 Å². The largest absolute Gasteiger partial charge is 0.493 e. The minimum atomic E-state index is 0.494. The van der Waals surface area contributed by atoms with E-state index < -0.39 is 0 Å². The summed E-state index contributed by atoms with van der Waals surface area (Å²) in [7, 11) is 0. The molecule has 0 unspecified atom stereocenters. The predicted octanol–water partition coefficient (Wildman–Crippen LogP) is 4.69. The van der Waals surface area contributed by atoms with E-state index in [4.69, 9.17) is 4.74 Å². The highest BCUT2D eigenvalue weighted by Gasteiger charge is 2.06. The van der Waals surface area contributed by atoms with Crippen LogP contribution in [0.25, 0.3) is 0 Å². The average Bonchev–Trinajstić information content (AvgIpc) is 2.48. The summed E-state index contributed by atoms with van der Waals surface area (Å²) in [5, 5.41) is 3.39. The molecule has 20 heavy (non-hydrogen) atoms. The van der Waals surface area contributed by atoms with E-state index in [2.05, 4.69) is 49.5 Å². The Labute approximate surface area is 121 Å². The van der Waals surface area contributed by atoms with Crippen LogP contribution in [0.3, 0.4) is 0 Å². The molecule has 0 fully saturated rings. The van der Waals surface area contributed by atoms with Gasteiger partial charge >= 0.3 is 0 Å². The molecule has 106 valence electrons. The third-order valence-electron chi connectivity index (χ3n) is 3.22. The topological polar surface area (TPSA) is 21.3 Å². The standard InChI is InChI=1S/C18H23NO/c1-15(2)17-11-6-7-12-18(17)20-14-8-13-19-16-9-4-3-5-10-16/h3-7,9-12,15,19H,8,13-14H2,1-2H3. The van der Waals surface area contributed by atoms with Crippen molar-refractivity contribution in [2.75, 3.05) is 18.5 Å². The first-order valence-corrected chi connectivity index (χ1v) is 7.28. The van der Waals surface area contributed by atoms with Gasteiger partial charge in [0, 0.05) is 12.2 Å². The first-order valence-electron chi connectivity index (χ1n) is 7.28. The molecule has 0 bridgehead atoms. The van der Waals surface area contributed by atoms with Crippen LogP contribution in [0, 0.1) is 0 Å². The zero-order chi connectivity index (χ0) is 14.2. The van der Waals surface area contributed by atoms with Gasteiger partial charge in [0.05, 0.1) is 6.61 Å². The van der Waals surface area contributed by atoms with Gasteiger partial charge in [-0.3, -0.25) is 0 Å². The van der Waals surface area contributed by atoms with Crippen LogP contribution >= 0.6 is 0 Å². The van der Waals surface area contributed by atoms with Crippen molar-refractivity contribution in [1.29, 1.82) is 0 Å². The number of benzene rings is 2. The van der Waals surface area contributed by atoms with Crippen LogP contribution < -0.4 is 10.1 Å². The van der Waals surface area contributed by atoms with Gasteiger partial charge in [-0.25, -0.2) is 0 Å². The molecule has 2 nitrogen and oxygen atoms in total. The van der Waals surface area contributed by atoms with Gasteiger partial charge in [-0.05, 0) is 36.1 Å². The Kier molecular flexibility index (Phi) is 5.48. The first-order chi connectivity index (χ1) is 9.77. The van der Waals surface area contributed by atoms with Gasteiger partial charge in [0.2, 0.25) is 0 Å². The monoisotopic (exact) mass is 269 g/mol. The fourth-order valence-electron chi connectivity index (χ4n) is 2.13. The minimum absolute atomic E-state index is 0.494. The van der Waals surface area contributed by atoms with Crippen LogP contribution in [0.4, 0.5) is 5.69 Å². The highest BCUT2D eigenvalue weighted by molar-refractivity contribution is 5.42. The fraction of sp³-hybridized carbons (Fsp3) is 0.333. The lowest BCUT2D eigenvalue weighted by atomic mass is 10.0. The fourth-order valence-corrected chi connectivity index (χ4v) is 2.13. The van der Waals surface area contributed by atoms with Crippen molar-refractivity contribution in [3.8, 4) is 5.75 Å². The lowest BCUT2D eigenvalue weighted by Crippen LogP contribution is -2.08. The smallest absolute Gasteiger partial charge is 0.122 e. The molecule has 0 aliphatic rings. The van der Waals surface area contributed by atoms with E-state index in [1.807, 2.05) is 24.3 Å². The molecule has 2 rings (SSSR count). The van der Waals surface area contributed by atoms with Gasteiger partial charge in [-0.15, -0.1) is 0 Å². The second kappa shape index (κ2) is 7.59. The van der Waals surface area contributed by atoms with E-state index in [-0.39, 0.29) is 0 Å². The van der Waals surface area contributed by atoms with Crippen LogP contribution in [0.1, 0.15) is 31.7 Å². The zero-order valence-electron chi connectivity index (χ0n) is 12.3. The van der Waals surface area contributed by atoms with E-state index in [1.165, 1.54) is 5.56 Å². The number of nitrogens with one attached hydrogen (secondary N) is 1. The summed E-state index contributed by atoms with van der Waals surface area (Å²) in [6.45, 7) is 6.05. The van der Waals surface area contributed by atoms with Crippen LogP contribution in [-0.2, 0) is 0 Å². The lowest BCUT2D eigenvalue weighted by molar-refractivity contribution is 0.310. The van der Waals surface area contributed by atoms with Crippen molar-refractivity contribution < 1.29 is 4.74 Å². The molecule has 2 aromatic rings. The minimum Gasteiger partial charge on any atom is -0.493 e. The van der Waals surface area contributed by atoms with Gasteiger partial charge in [0.25, 0.3) is 0 Å². The quantitative estimate of drug-likeness (QED) is 0.736. The molecule has 0 saturated heterocycles.